The first-order valence-corrected chi connectivity index (χ1v) is 13.1. The summed E-state index contributed by atoms with van der Waals surface area (Å²) in [7, 11) is 1.50. The zero-order chi connectivity index (χ0) is 30.3. The Kier molecular flexibility index (Phi) is 8.47. The fourth-order valence-electron chi connectivity index (χ4n) is 4.40. The van der Waals surface area contributed by atoms with Crippen molar-refractivity contribution in [1.29, 1.82) is 0 Å². The first-order valence-electron chi connectivity index (χ1n) is 13.1. The summed E-state index contributed by atoms with van der Waals surface area (Å²) in [5.74, 6) is -0.454. The van der Waals surface area contributed by atoms with Crippen LogP contribution in [0, 0.1) is 10.1 Å². The SMILES string of the molecule is COc1cc(/C=C/C(=O)/C=C/c2cccc([N+](=O)[O-])c2)ccc1OCc1cn(CCN2C(=O)C(=O)c3ccccc32)nn1. The molecule has 0 aliphatic carbocycles. The van der Waals surface area contributed by atoms with Crippen LogP contribution in [0.15, 0.2) is 85.1 Å². The van der Waals surface area contributed by atoms with E-state index in [0.717, 1.165) is 0 Å². The van der Waals surface area contributed by atoms with Crippen LogP contribution in [0.4, 0.5) is 11.4 Å². The summed E-state index contributed by atoms with van der Waals surface area (Å²) in [6, 6.07) is 18.1. The first-order chi connectivity index (χ1) is 20.8. The number of ether oxygens (including phenoxy) is 2. The van der Waals surface area contributed by atoms with Gasteiger partial charge in [-0.05, 0) is 47.5 Å². The number of nitro benzene ring substituents is 1. The second kappa shape index (κ2) is 12.7. The van der Waals surface area contributed by atoms with Gasteiger partial charge in [0.1, 0.15) is 12.3 Å². The molecule has 216 valence electrons. The van der Waals surface area contributed by atoms with Gasteiger partial charge in [0.2, 0.25) is 0 Å². The first kappa shape index (κ1) is 28.6. The zero-order valence-electron chi connectivity index (χ0n) is 23.0. The van der Waals surface area contributed by atoms with Crippen LogP contribution in [0.3, 0.4) is 0 Å². The standard InChI is InChI=1S/C31H25N5O7/c1-42-29-18-22(10-13-25(37)12-9-21-5-4-6-24(17-21)36(40)41)11-14-28(29)43-20-23-19-34(33-32-23)15-16-35-27-8-3-2-7-26(27)30(38)31(35)39/h2-14,17-19H,15-16,20H2,1H3/b12-9+,13-10+. The Morgan fingerprint density at radius 1 is 0.953 bits per heavy atom. The van der Waals surface area contributed by atoms with Crippen LogP contribution in [0.2, 0.25) is 0 Å². The maximum atomic E-state index is 12.4. The van der Waals surface area contributed by atoms with Crippen molar-refractivity contribution in [2.45, 2.75) is 13.2 Å². The summed E-state index contributed by atoms with van der Waals surface area (Å²) < 4.78 is 12.9. The third kappa shape index (κ3) is 6.70. The highest BCUT2D eigenvalue weighted by atomic mass is 16.6. The Morgan fingerprint density at radius 3 is 2.49 bits per heavy atom. The van der Waals surface area contributed by atoms with Gasteiger partial charge in [-0.2, -0.15) is 0 Å². The maximum Gasteiger partial charge on any atom is 0.299 e. The maximum absolute atomic E-state index is 12.4. The number of methoxy groups -OCH3 is 1. The minimum atomic E-state index is -0.559. The van der Waals surface area contributed by atoms with Gasteiger partial charge in [0.25, 0.3) is 17.4 Å². The Bertz CT molecular complexity index is 1780. The summed E-state index contributed by atoms with van der Waals surface area (Å²) in [5.41, 5.74) is 2.73. The van der Waals surface area contributed by atoms with Gasteiger partial charge < -0.3 is 14.4 Å². The lowest BCUT2D eigenvalue weighted by Gasteiger charge is -2.15. The van der Waals surface area contributed by atoms with E-state index < -0.39 is 16.6 Å². The number of hydrogen-bond donors (Lipinski definition) is 0. The van der Waals surface area contributed by atoms with E-state index in [1.54, 1.807) is 71.6 Å². The number of non-ortho nitro benzene ring substituents is 1. The van der Waals surface area contributed by atoms with Gasteiger partial charge in [-0.1, -0.05) is 47.7 Å². The molecule has 2 heterocycles. The number of benzene rings is 3. The highest BCUT2D eigenvalue weighted by Crippen LogP contribution is 2.30. The van der Waals surface area contributed by atoms with Gasteiger partial charge in [0.05, 0.1) is 36.0 Å². The van der Waals surface area contributed by atoms with Crippen LogP contribution < -0.4 is 14.4 Å². The summed E-state index contributed by atoms with van der Waals surface area (Å²) in [4.78, 5) is 48.7. The van der Waals surface area contributed by atoms with Gasteiger partial charge in [0, 0.05) is 18.7 Å². The average molecular weight is 580 g/mol. The van der Waals surface area contributed by atoms with E-state index in [-0.39, 0.29) is 24.6 Å². The van der Waals surface area contributed by atoms with Crippen molar-refractivity contribution in [2.75, 3.05) is 18.6 Å². The van der Waals surface area contributed by atoms with E-state index in [1.165, 1.54) is 42.4 Å². The largest absolute Gasteiger partial charge is 0.493 e. The second-order valence-electron chi connectivity index (χ2n) is 9.40. The molecule has 12 heteroatoms. The molecule has 0 saturated heterocycles. The van der Waals surface area contributed by atoms with Crippen LogP contribution in [-0.4, -0.2) is 51.0 Å². The number of Topliss-reactive ketones (excluding diaryl/α,β-unsaturated/α-hetero) is 1. The molecule has 0 spiro atoms. The fraction of sp³-hybridized carbons (Fsp3) is 0.129. The molecule has 0 bridgehead atoms. The van der Waals surface area contributed by atoms with E-state index in [1.807, 2.05) is 0 Å². The number of nitro groups is 1. The number of para-hydroxylation sites is 1. The molecule has 43 heavy (non-hydrogen) atoms. The highest BCUT2D eigenvalue weighted by molar-refractivity contribution is 6.52. The predicted octanol–water partition coefficient (Wildman–Crippen LogP) is 4.30. The molecule has 0 N–H and O–H groups in total. The number of allylic oxidation sites excluding steroid dienone is 2. The van der Waals surface area contributed by atoms with Crippen molar-refractivity contribution in [2.24, 2.45) is 0 Å². The number of ketones is 2. The normalized spacial score (nSPS) is 12.7. The van der Waals surface area contributed by atoms with Crippen LogP contribution in [0.25, 0.3) is 12.2 Å². The van der Waals surface area contributed by atoms with Crippen LogP contribution in [0.5, 0.6) is 11.5 Å². The molecule has 5 rings (SSSR count). The zero-order valence-corrected chi connectivity index (χ0v) is 23.0. The molecule has 3 aromatic carbocycles. The molecule has 0 atom stereocenters. The number of hydrogen-bond acceptors (Lipinski definition) is 9. The second-order valence-corrected chi connectivity index (χ2v) is 9.40. The van der Waals surface area contributed by atoms with Crippen molar-refractivity contribution in [1.82, 2.24) is 15.0 Å². The lowest BCUT2D eigenvalue weighted by atomic mass is 10.1. The topological polar surface area (TPSA) is 147 Å². The van der Waals surface area contributed by atoms with Crippen molar-refractivity contribution >= 4 is 41.0 Å². The predicted molar refractivity (Wildman–Crippen MR) is 157 cm³/mol. The van der Waals surface area contributed by atoms with Gasteiger partial charge in [-0.3, -0.25) is 29.2 Å². The van der Waals surface area contributed by atoms with E-state index in [4.69, 9.17) is 9.47 Å². The van der Waals surface area contributed by atoms with E-state index >= 15 is 0 Å². The van der Waals surface area contributed by atoms with E-state index in [2.05, 4.69) is 10.3 Å². The molecule has 1 amide bonds. The number of carbonyl (C=O) groups excluding carboxylic acids is 3. The molecule has 4 aromatic rings. The van der Waals surface area contributed by atoms with E-state index in [0.29, 0.717) is 46.1 Å². The smallest absolute Gasteiger partial charge is 0.299 e. The van der Waals surface area contributed by atoms with Crippen molar-refractivity contribution in [3.63, 3.8) is 0 Å². The minimum absolute atomic E-state index is 0.0513. The number of anilines is 1. The molecule has 1 aliphatic rings. The lowest BCUT2D eigenvalue weighted by Crippen LogP contribution is -2.32. The van der Waals surface area contributed by atoms with Gasteiger partial charge >= 0.3 is 0 Å². The van der Waals surface area contributed by atoms with Crippen LogP contribution >= 0.6 is 0 Å². The summed E-state index contributed by atoms with van der Waals surface area (Å²) in [5, 5.41) is 19.1. The Labute approximate surface area is 245 Å². The third-order valence-corrected chi connectivity index (χ3v) is 6.54. The van der Waals surface area contributed by atoms with Gasteiger partial charge in [-0.25, -0.2) is 0 Å². The molecule has 0 fully saturated rings. The minimum Gasteiger partial charge on any atom is -0.493 e. The van der Waals surface area contributed by atoms with Crippen LogP contribution in [0.1, 0.15) is 27.2 Å². The molecular weight excluding hydrogens is 554 g/mol. The van der Waals surface area contributed by atoms with Crippen molar-refractivity contribution in [3.05, 3.63) is 118 Å². The van der Waals surface area contributed by atoms with Crippen LogP contribution in [-0.2, 0) is 22.7 Å². The lowest BCUT2D eigenvalue weighted by molar-refractivity contribution is -0.384. The Balaban J connectivity index is 1.15. The monoisotopic (exact) mass is 579 g/mol. The summed E-state index contributed by atoms with van der Waals surface area (Å²) >= 11 is 0. The third-order valence-electron chi connectivity index (χ3n) is 6.54. The number of rotatable bonds is 12. The Morgan fingerprint density at radius 2 is 1.72 bits per heavy atom. The number of nitrogens with zero attached hydrogens (tertiary/aromatic N) is 5. The number of fused-ring (bicyclic) bond motifs is 1. The highest BCUT2D eigenvalue weighted by Gasteiger charge is 2.35. The quantitative estimate of drug-likeness (QED) is 0.104. The molecular formula is C31H25N5O7. The van der Waals surface area contributed by atoms with Gasteiger partial charge in [0.15, 0.2) is 17.3 Å². The van der Waals surface area contributed by atoms with Gasteiger partial charge in [-0.15, -0.1) is 5.10 Å². The molecule has 12 nitrogen and oxygen atoms in total. The fourth-order valence-corrected chi connectivity index (χ4v) is 4.40. The average Bonchev–Trinajstić information content (AvgIpc) is 3.58. The summed E-state index contributed by atoms with van der Waals surface area (Å²) in [6.07, 6.45) is 7.55. The molecule has 0 radical (unpaired) electrons. The molecule has 0 unspecified atom stereocenters. The van der Waals surface area contributed by atoms with Crippen molar-refractivity contribution in [3.8, 4) is 11.5 Å². The summed E-state index contributed by atoms with van der Waals surface area (Å²) in [6.45, 7) is 0.710. The molecule has 0 saturated carbocycles. The van der Waals surface area contributed by atoms with E-state index in [9.17, 15) is 24.5 Å². The molecule has 1 aromatic heterocycles. The number of carbonyl (C=O) groups is 3. The molecule has 1 aliphatic heterocycles. The number of amides is 1. The van der Waals surface area contributed by atoms with Crippen molar-refractivity contribution < 1.29 is 28.8 Å². The number of aromatic nitrogens is 3. The Hall–Kier alpha value is -5.91.